The molecule has 0 spiro atoms. The zero-order valence-electron chi connectivity index (χ0n) is 13.6. The second-order valence-electron chi connectivity index (χ2n) is 4.63. The second-order valence-corrected chi connectivity index (χ2v) is 4.63. The van der Waals surface area contributed by atoms with Crippen LogP contribution in [0.3, 0.4) is 0 Å². The van der Waals surface area contributed by atoms with Gasteiger partial charge in [-0.3, -0.25) is 0 Å². The molecular formula is C16H34O2. The lowest BCUT2D eigenvalue weighted by Crippen LogP contribution is -2.28. The average molecular weight is 258 g/mol. The Balaban J connectivity index is 0. The third-order valence-electron chi connectivity index (χ3n) is 4.34. The maximum atomic E-state index is 5.39. The molecule has 110 valence electrons. The molecule has 0 fully saturated rings. The van der Waals surface area contributed by atoms with Gasteiger partial charge in [-0.25, -0.2) is 0 Å². The van der Waals surface area contributed by atoms with E-state index in [2.05, 4.69) is 41.2 Å². The van der Waals surface area contributed by atoms with Crippen LogP contribution in [-0.2, 0) is 9.47 Å². The SMILES string of the molecule is C=CC(CC)(CC)OC.CCC(CC)(CC)OC. The second kappa shape index (κ2) is 10.6. The molecule has 0 aliphatic carbocycles. The van der Waals surface area contributed by atoms with E-state index < -0.39 is 0 Å². The summed E-state index contributed by atoms with van der Waals surface area (Å²) in [6.07, 6.45) is 7.25. The Morgan fingerprint density at radius 3 is 1.17 bits per heavy atom. The summed E-state index contributed by atoms with van der Waals surface area (Å²) >= 11 is 0. The highest BCUT2D eigenvalue weighted by Crippen LogP contribution is 2.22. The number of ether oxygens (including phenoxy) is 2. The molecule has 0 amide bonds. The smallest absolute Gasteiger partial charge is 0.0850 e. The number of rotatable bonds is 8. The fourth-order valence-electron chi connectivity index (χ4n) is 2.09. The number of methoxy groups -OCH3 is 2. The molecule has 0 aromatic heterocycles. The van der Waals surface area contributed by atoms with Crippen LogP contribution in [0.2, 0.25) is 0 Å². The van der Waals surface area contributed by atoms with E-state index >= 15 is 0 Å². The van der Waals surface area contributed by atoms with E-state index in [0.29, 0.717) is 0 Å². The van der Waals surface area contributed by atoms with E-state index in [1.807, 2.05) is 6.08 Å². The monoisotopic (exact) mass is 258 g/mol. The predicted molar refractivity (Wildman–Crippen MR) is 81.1 cm³/mol. The first kappa shape index (κ1) is 20.0. The van der Waals surface area contributed by atoms with Crippen molar-refractivity contribution in [3.8, 4) is 0 Å². The van der Waals surface area contributed by atoms with Crippen LogP contribution >= 0.6 is 0 Å². The summed E-state index contributed by atoms with van der Waals surface area (Å²) < 4.78 is 10.7. The quantitative estimate of drug-likeness (QED) is 0.572. The summed E-state index contributed by atoms with van der Waals surface area (Å²) in [6.45, 7) is 14.5. The van der Waals surface area contributed by atoms with Crippen LogP contribution in [0.15, 0.2) is 12.7 Å². The van der Waals surface area contributed by atoms with Gasteiger partial charge in [0.1, 0.15) is 0 Å². The van der Waals surface area contributed by atoms with Gasteiger partial charge in [-0.15, -0.1) is 6.58 Å². The van der Waals surface area contributed by atoms with E-state index in [1.165, 1.54) is 0 Å². The molecule has 0 saturated carbocycles. The van der Waals surface area contributed by atoms with Gasteiger partial charge in [0.2, 0.25) is 0 Å². The van der Waals surface area contributed by atoms with E-state index in [9.17, 15) is 0 Å². The Bertz CT molecular complexity index is 165. The van der Waals surface area contributed by atoms with Crippen molar-refractivity contribution in [2.75, 3.05) is 14.2 Å². The van der Waals surface area contributed by atoms with Crippen LogP contribution in [0.25, 0.3) is 0 Å². The first-order valence-corrected chi connectivity index (χ1v) is 7.22. The lowest BCUT2D eigenvalue weighted by atomic mass is 9.94. The van der Waals surface area contributed by atoms with E-state index in [0.717, 1.165) is 32.1 Å². The summed E-state index contributed by atoms with van der Waals surface area (Å²) in [7, 11) is 3.53. The Hall–Kier alpha value is -0.340. The zero-order valence-corrected chi connectivity index (χ0v) is 13.6. The molecule has 0 aliphatic rings. The van der Waals surface area contributed by atoms with Gasteiger partial charge in [-0.2, -0.15) is 0 Å². The van der Waals surface area contributed by atoms with Gasteiger partial charge in [-0.1, -0.05) is 40.7 Å². The van der Waals surface area contributed by atoms with E-state index in [1.54, 1.807) is 14.2 Å². The first-order valence-electron chi connectivity index (χ1n) is 7.22. The highest BCUT2D eigenvalue weighted by molar-refractivity contribution is 4.94. The minimum absolute atomic E-state index is 0.0694. The first-order chi connectivity index (χ1) is 8.49. The molecule has 0 aromatic rings. The molecule has 0 aromatic carbocycles. The van der Waals surface area contributed by atoms with Crippen molar-refractivity contribution in [1.82, 2.24) is 0 Å². The Kier molecular flexibility index (Phi) is 11.7. The van der Waals surface area contributed by atoms with Crippen molar-refractivity contribution in [3.05, 3.63) is 12.7 Å². The molecule has 0 unspecified atom stereocenters. The van der Waals surface area contributed by atoms with Crippen molar-refractivity contribution >= 4 is 0 Å². The van der Waals surface area contributed by atoms with Gasteiger partial charge in [0.15, 0.2) is 0 Å². The van der Waals surface area contributed by atoms with Gasteiger partial charge >= 0.3 is 0 Å². The fraction of sp³-hybridized carbons (Fsp3) is 0.875. The fourth-order valence-corrected chi connectivity index (χ4v) is 2.09. The Labute approximate surface area is 115 Å². The van der Waals surface area contributed by atoms with Crippen LogP contribution < -0.4 is 0 Å². The van der Waals surface area contributed by atoms with Crippen molar-refractivity contribution in [3.63, 3.8) is 0 Å². The van der Waals surface area contributed by atoms with Crippen LogP contribution in [0, 0.1) is 0 Å². The van der Waals surface area contributed by atoms with E-state index in [4.69, 9.17) is 9.47 Å². The third-order valence-corrected chi connectivity index (χ3v) is 4.34. The number of hydrogen-bond donors (Lipinski definition) is 0. The van der Waals surface area contributed by atoms with Gasteiger partial charge in [0, 0.05) is 14.2 Å². The average Bonchev–Trinajstić information content (AvgIpc) is 2.46. The summed E-state index contributed by atoms with van der Waals surface area (Å²) in [5.74, 6) is 0. The number of hydrogen-bond acceptors (Lipinski definition) is 2. The molecule has 0 radical (unpaired) electrons. The molecule has 0 heterocycles. The molecule has 18 heavy (non-hydrogen) atoms. The molecular weight excluding hydrogens is 224 g/mol. The molecule has 2 nitrogen and oxygen atoms in total. The molecule has 0 N–H and O–H groups in total. The summed E-state index contributed by atoms with van der Waals surface area (Å²) in [6, 6.07) is 0. The molecule has 0 atom stereocenters. The lowest BCUT2D eigenvalue weighted by Gasteiger charge is -2.28. The Morgan fingerprint density at radius 1 is 0.778 bits per heavy atom. The topological polar surface area (TPSA) is 18.5 Å². The van der Waals surface area contributed by atoms with Gasteiger partial charge in [0.25, 0.3) is 0 Å². The van der Waals surface area contributed by atoms with Crippen LogP contribution in [0.1, 0.15) is 66.7 Å². The third kappa shape index (κ3) is 6.01. The van der Waals surface area contributed by atoms with Crippen LogP contribution in [-0.4, -0.2) is 25.4 Å². The van der Waals surface area contributed by atoms with Crippen LogP contribution in [0.5, 0.6) is 0 Å². The van der Waals surface area contributed by atoms with E-state index in [-0.39, 0.29) is 11.2 Å². The largest absolute Gasteiger partial charge is 0.378 e. The van der Waals surface area contributed by atoms with Crippen molar-refractivity contribution < 1.29 is 9.47 Å². The van der Waals surface area contributed by atoms with Crippen LogP contribution in [0.4, 0.5) is 0 Å². The van der Waals surface area contributed by atoms with Gasteiger partial charge in [0.05, 0.1) is 11.2 Å². The van der Waals surface area contributed by atoms with Gasteiger partial charge < -0.3 is 9.47 Å². The Morgan fingerprint density at radius 2 is 1.17 bits per heavy atom. The predicted octanol–water partition coefficient (Wildman–Crippen LogP) is 4.98. The molecule has 0 saturated heterocycles. The van der Waals surface area contributed by atoms with Gasteiger partial charge in [-0.05, 0) is 32.1 Å². The summed E-state index contributed by atoms with van der Waals surface area (Å²) in [5, 5.41) is 0. The highest BCUT2D eigenvalue weighted by Gasteiger charge is 2.21. The maximum Gasteiger partial charge on any atom is 0.0850 e. The summed E-state index contributed by atoms with van der Waals surface area (Å²) in [4.78, 5) is 0. The van der Waals surface area contributed by atoms with Crippen molar-refractivity contribution in [2.24, 2.45) is 0 Å². The van der Waals surface area contributed by atoms with Crippen molar-refractivity contribution in [2.45, 2.75) is 77.9 Å². The lowest BCUT2D eigenvalue weighted by molar-refractivity contribution is -0.0197. The minimum atomic E-state index is -0.0694. The minimum Gasteiger partial charge on any atom is -0.378 e. The zero-order chi connectivity index (χ0) is 14.7. The summed E-state index contributed by atoms with van der Waals surface area (Å²) in [5.41, 5.74) is 0.0972. The molecule has 0 bridgehead atoms. The van der Waals surface area contributed by atoms with Crippen molar-refractivity contribution in [1.29, 1.82) is 0 Å². The maximum absolute atomic E-state index is 5.39. The molecule has 2 heteroatoms. The standard InChI is InChI=1S/C8H18O.C8H16O/c2*1-5-8(6-2,7-3)9-4/h5-7H2,1-4H3;5H,1,6-7H2,2-4H3. The molecule has 0 aliphatic heterocycles. The normalized spacial score (nSPS) is 11.7. The molecule has 0 rings (SSSR count). The highest BCUT2D eigenvalue weighted by atomic mass is 16.5.